The molecule has 1 N–H and O–H groups in total. The van der Waals surface area contributed by atoms with Gasteiger partial charge in [-0.25, -0.2) is 0 Å². The summed E-state index contributed by atoms with van der Waals surface area (Å²) in [4.78, 5) is 13.0. The summed E-state index contributed by atoms with van der Waals surface area (Å²) in [5, 5.41) is 2.91. The van der Waals surface area contributed by atoms with E-state index < -0.39 is 0 Å². The van der Waals surface area contributed by atoms with Crippen molar-refractivity contribution in [2.75, 3.05) is 5.32 Å². The van der Waals surface area contributed by atoms with E-state index in [-0.39, 0.29) is 5.91 Å². The topological polar surface area (TPSA) is 29.1 Å². The van der Waals surface area contributed by atoms with Crippen LogP contribution in [0.15, 0.2) is 45.8 Å². The first kappa shape index (κ1) is 14.2. The van der Waals surface area contributed by atoms with E-state index in [0.29, 0.717) is 5.56 Å². The fraction of sp³-hybridized carbons (Fsp3) is 0.133. The molecule has 0 aliphatic heterocycles. The van der Waals surface area contributed by atoms with Crippen LogP contribution in [-0.2, 0) is 0 Å². The highest BCUT2D eigenvalue weighted by molar-refractivity contribution is 9.10. The molecule has 0 radical (unpaired) electrons. The molecule has 0 aliphatic rings. The Bertz CT molecular complexity index is 620. The summed E-state index contributed by atoms with van der Waals surface area (Å²) in [7, 11) is 0. The summed E-state index contributed by atoms with van der Waals surface area (Å²) in [5.74, 6) is -0.120. The largest absolute Gasteiger partial charge is 0.322 e. The lowest BCUT2D eigenvalue weighted by atomic mass is 10.1. The standard InChI is InChI=1S/C15H14BrNOS/c1-9-5-11(16)7-12(6-9)17-15(18)14-8-13(19)4-3-10(14)2/h3-8,19H,1-2H3,(H,17,18). The van der Waals surface area contributed by atoms with Gasteiger partial charge in [0.05, 0.1) is 0 Å². The zero-order valence-corrected chi connectivity index (χ0v) is 13.2. The smallest absolute Gasteiger partial charge is 0.255 e. The van der Waals surface area contributed by atoms with Gasteiger partial charge in [-0.05, 0) is 55.3 Å². The fourth-order valence-corrected chi connectivity index (χ4v) is 2.67. The van der Waals surface area contributed by atoms with Crippen LogP contribution in [0.3, 0.4) is 0 Å². The number of aryl methyl sites for hydroxylation is 2. The second-order valence-electron chi connectivity index (χ2n) is 4.47. The first-order valence-electron chi connectivity index (χ1n) is 5.84. The van der Waals surface area contributed by atoms with Gasteiger partial charge in [0.25, 0.3) is 5.91 Å². The number of nitrogens with one attached hydrogen (secondary N) is 1. The molecule has 0 aromatic heterocycles. The Hall–Kier alpha value is -1.26. The fourth-order valence-electron chi connectivity index (χ4n) is 1.86. The van der Waals surface area contributed by atoms with Crippen LogP contribution in [0, 0.1) is 13.8 Å². The molecular formula is C15H14BrNOS. The van der Waals surface area contributed by atoms with Crippen molar-refractivity contribution in [3.63, 3.8) is 0 Å². The monoisotopic (exact) mass is 335 g/mol. The molecule has 0 saturated carbocycles. The van der Waals surface area contributed by atoms with Crippen LogP contribution in [-0.4, -0.2) is 5.91 Å². The van der Waals surface area contributed by atoms with E-state index >= 15 is 0 Å². The van der Waals surface area contributed by atoms with Gasteiger partial charge in [-0.15, -0.1) is 12.6 Å². The molecule has 4 heteroatoms. The Labute approximate surface area is 126 Å². The van der Waals surface area contributed by atoms with E-state index in [4.69, 9.17) is 0 Å². The molecular weight excluding hydrogens is 322 g/mol. The van der Waals surface area contributed by atoms with Crippen molar-refractivity contribution < 1.29 is 4.79 Å². The van der Waals surface area contributed by atoms with E-state index in [9.17, 15) is 4.79 Å². The van der Waals surface area contributed by atoms with E-state index in [1.807, 2.05) is 44.2 Å². The van der Waals surface area contributed by atoms with Gasteiger partial charge in [0.2, 0.25) is 0 Å². The van der Waals surface area contributed by atoms with Crippen LogP contribution in [0.5, 0.6) is 0 Å². The maximum absolute atomic E-state index is 12.2. The van der Waals surface area contributed by atoms with Crippen molar-refractivity contribution in [3.8, 4) is 0 Å². The van der Waals surface area contributed by atoms with Gasteiger partial charge in [0, 0.05) is 20.6 Å². The van der Waals surface area contributed by atoms with Gasteiger partial charge in [0.1, 0.15) is 0 Å². The number of hydrogen-bond donors (Lipinski definition) is 2. The predicted molar refractivity (Wildman–Crippen MR) is 85.3 cm³/mol. The number of anilines is 1. The van der Waals surface area contributed by atoms with Gasteiger partial charge in [-0.1, -0.05) is 22.0 Å². The van der Waals surface area contributed by atoms with E-state index in [1.54, 1.807) is 6.07 Å². The van der Waals surface area contributed by atoms with Crippen LogP contribution >= 0.6 is 28.6 Å². The quantitative estimate of drug-likeness (QED) is 0.771. The molecule has 2 aromatic rings. The summed E-state index contributed by atoms with van der Waals surface area (Å²) >= 11 is 7.69. The van der Waals surface area contributed by atoms with Crippen LogP contribution in [0.4, 0.5) is 5.69 Å². The Morgan fingerprint density at radius 3 is 2.58 bits per heavy atom. The van der Waals surface area contributed by atoms with Gasteiger partial charge in [0.15, 0.2) is 0 Å². The highest BCUT2D eigenvalue weighted by atomic mass is 79.9. The minimum Gasteiger partial charge on any atom is -0.322 e. The Balaban J connectivity index is 2.28. The third-order valence-electron chi connectivity index (χ3n) is 2.77. The first-order chi connectivity index (χ1) is 8.95. The summed E-state index contributed by atoms with van der Waals surface area (Å²) in [6, 6.07) is 11.4. The van der Waals surface area contributed by atoms with Crippen LogP contribution in [0.2, 0.25) is 0 Å². The number of amides is 1. The average molecular weight is 336 g/mol. The number of rotatable bonds is 2. The molecule has 0 saturated heterocycles. The highest BCUT2D eigenvalue weighted by Gasteiger charge is 2.10. The van der Waals surface area contributed by atoms with Crippen LogP contribution < -0.4 is 5.32 Å². The van der Waals surface area contributed by atoms with Gasteiger partial charge in [-0.3, -0.25) is 4.79 Å². The Morgan fingerprint density at radius 1 is 1.16 bits per heavy atom. The molecule has 0 aliphatic carbocycles. The summed E-state index contributed by atoms with van der Waals surface area (Å²) in [6.45, 7) is 3.90. The zero-order chi connectivity index (χ0) is 14.0. The van der Waals surface area contributed by atoms with Crippen molar-refractivity contribution in [3.05, 3.63) is 57.6 Å². The van der Waals surface area contributed by atoms with Crippen molar-refractivity contribution in [2.24, 2.45) is 0 Å². The van der Waals surface area contributed by atoms with Crippen LogP contribution in [0.25, 0.3) is 0 Å². The second kappa shape index (κ2) is 5.80. The van der Waals surface area contributed by atoms with E-state index in [0.717, 1.165) is 26.2 Å². The zero-order valence-electron chi connectivity index (χ0n) is 10.7. The lowest BCUT2D eigenvalue weighted by Crippen LogP contribution is -2.13. The number of halogens is 1. The molecule has 1 amide bonds. The number of thiol groups is 1. The summed E-state index contributed by atoms with van der Waals surface area (Å²) in [6.07, 6.45) is 0. The van der Waals surface area contributed by atoms with Gasteiger partial charge < -0.3 is 5.32 Å². The lowest BCUT2D eigenvalue weighted by Gasteiger charge is -2.09. The number of benzene rings is 2. The van der Waals surface area contributed by atoms with Crippen molar-refractivity contribution in [1.29, 1.82) is 0 Å². The van der Waals surface area contributed by atoms with E-state index in [2.05, 4.69) is 33.9 Å². The number of carbonyl (C=O) groups is 1. The summed E-state index contributed by atoms with van der Waals surface area (Å²) < 4.78 is 0.947. The molecule has 98 valence electrons. The van der Waals surface area contributed by atoms with Crippen molar-refractivity contribution in [2.45, 2.75) is 18.7 Å². The first-order valence-corrected chi connectivity index (χ1v) is 7.08. The molecule has 2 nitrogen and oxygen atoms in total. The third kappa shape index (κ3) is 3.61. The maximum atomic E-state index is 12.2. The minimum absolute atomic E-state index is 0.120. The summed E-state index contributed by atoms with van der Waals surface area (Å²) in [5.41, 5.74) is 3.44. The van der Waals surface area contributed by atoms with Gasteiger partial charge in [-0.2, -0.15) is 0 Å². The Morgan fingerprint density at radius 2 is 1.89 bits per heavy atom. The minimum atomic E-state index is -0.120. The molecule has 0 heterocycles. The van der Waals surface area contributed by atoms with Crippen molar-refractivity contribution >= 4 is 40.2 Å². The number of carbonyl (C=O) groups excluding carboxylic acids is 1. The lowest BCUT2D eigenvalue weighted by molar-refractivity contribution is 0.102. The normalized spacial score (nSPS) is 10.3. The SMILES string of the molecule is Cc1cc(Br)cc(NC(=O)c2cc(S)ccc2C)c1. The van der Waals surface area contributed by atoms with E-state index in [1.165, 1.54) is 0 Å². The van der Waals surface area contributed by atoms with Crippen LogP contribution in [0.1, 0.15) is 21.5 Å². The average Bonchev–Trinajstić information content (AvgIpc) is 2.30. The second-order valence-corrected chi connectivity index (χ2v) is 5.90. The predicted octanol–water partition coefficient (Wildman–Crippen LogP) is 4.61. The number of hydrogen-bond acceptors (Lipinski definition) is 2. The molecule has 0 fully saturated rings. The molecule has 0 spiro atoms. The third-order valence-corrected chi connectivity index (χ3v) is 3.50. The molecule has 0 atom stereocenters. The molecule has 0 bridgehead atoms. The Kier molecular flexibility index (Phi) is 4.32. The molecule has 2 rings (SSSR count). The molecule has 0 unspecified atom stereocenters. The maximum Gasteiger partial charge on any atom is 0.255 e. The molecule has 2 aromatic carbocycles. The van der Waals surface area contributed by atoms with Gasteiger partial charge >= 0.3 is 0 Å². The molecule has 19 heavy (non-hydrogen) atoms. The highest BCUT2D eigenvalue weighted by Crippen LogP contribution is 2.21. The van der Waals surface area contributed by atoms with Crippen molar-refractivity contribution in [1.82, 2.24) is 0 Å².